The highest BCUT2D eigenvalue weighted by Gasteiger charge is 2.32. The molecule has 158 valence electrons. The van der Waals surface area contributed by atoms with E-state index in [1.165, 1.54) is 0 Å². The van der Waals surface area contributed by atoms with Gasteiger partial charge < -0.3 is 19.3 Å². The number of aryl methyl sites for hydroxylation is 2. The number of hydrogen-bond acceptors (Lipinski definition) is 6. The standard InChI is InChI=1S/C23H28N4O3/c1-4-30-23(29)18-13-25-19-8-7-15(2)12-17(19)20(18)27-10-5-6-16(14-27)21(28)22-24-9-11-26(22)3/h7-9,11-13,16,21,28H,4-6,10,14H2,1-3H3. The predicted octanol–water partition coefficient (Wildman–Crippen LogP) is 3.40. The molecule has 0 aliphatic carbocycles. The molecule has 4 rings (SSSR count). The SMILES string of the molecule is CCOC(=O)c1cnc2ccc(C)cc2c1N1CCCC(C(O)c2nccn2C)C1. The van der Waals surface area contributed by atoms with Gasteiger partial charge in [-0.15, -0.1) is 0 Å². The van der Waals surface area contributed by atoms with Gasteiger partial charge in [-0.2, -0.15) is 0 Å². The Morgan fingerprint density at radius 1 is 1.37 bits per heavy atom. The molecular formula is C23H28N4O3. The summed E-state index contributed by atoms with van der Waals surface area (Å²) in [6, 6.07) is 6.07. The zero-order valence-electron chi connectivity index (χ0n) is 17.7. The lowest BCUT2D eigenvalue weighted by Crippen LogP contribution is -2.39. The van der Waals surface area contributed by atoms with Gasteiger partial charge in [0, 0.05) is 50.0 Å². The minimum atomic E-state index is -0.659. The minimum absolute atomic E-state index is 0.0166. The van der Waals surface area contributed by atoms with Crippen LogP contribution >= 0.6 is 0 Å². The molecule has 0 radical (unpaired) electrons. The number of piperidine rings is 1. The zero-order chi connectivity index (χ0) is 21.3. The number of nitrogens with zero attached hydrogens (tertiary/aromatic N) is 4. The van der Waals surface area contributed by atoms with Gasteiger partial charge in [0.1, 0.15) is 17.5 Å². The van der Waals surface area contributed by atoms with E-state index < -0.39 is 6.10 Å². The molecule has 0 amide bonds. The van der Waals surface area contributed by atoms with Gasteiger partial charge in [0.25, 0.3) is 0 Å². The minimum Gasteiger partial charge on any atom is -0.462 e. The summed E-state index contributed by atoms with van der Waals surface area (Å²) in [5.41, 5.74) is 3.27. The third-order valence-corrected chi connectivity index (χ3v) is 5.83. The van der Waals surface area contributed by atoms with Crippen molar-refractivity contribution in [2.75, 3.05) is 24.6 Å². The Morgan fingerprint density at radius 3 is 2.93 bits per heavy atom. The van der Waals surface area contributed by atoms with E-state index in [4.69, 9.17) is 4.74 Å². The fraction of sp³-hybridized carbons (Fsp3) is 0.435. The van der Waals surface area contributed by atoms with Crippen LogP contribution in [0.15, 0.2) is 36.8 Å². The Hall–Kier alpha value is -2.93. The lowest BCUT2D eigenvalue weighted by molar-refractivity contribution is 0.0526. The van der Waals surface area contributed by atoms with Gasteiger partial charge >= 0.3 is 5.97 Å². The van der Waals surface area contributed by atoms with E-state index in [1.807, 2.05) is 36.9 Å². The third-order valence-electron chi connectivity index (χ3n) is 5.83. The van der Waals surface area contributed by atoms with E-state index in [-0.39, 0.29) is 11.9 Å². The van der Waals surface area contributed by atoms with Crippen LogP contribution in [0, 0.1) is 12.8 Å². The van der Waals surface area contributed by atoms with Crippen molar-refractivity contribution in [1.29, 1.82) is 0 Å². The number of anilines is 1. The third kappa shape index (κ3) is 3.77. The van der Waals surface area contributed by atoms with Crippen molar-refractivity contribution < 1.29 is 14.6 Å². The first-order chi connectivity index (χ1) is 14.5. The number of aliphatic hydroxyl groups excluding tert-OH is 1. The van der Waals surface area contributed by atoms with Gasteiger partial charge in [-0.05, 0) is 38.8 Å². The molecule has 2 aromatic heterocycles. The molecule has 0 saturated carbocycles. The van der Waals surface area contributed by atoms with Gasteiger partial charge in [-0.3, -0.25) is 4.98 Å². The van der Waals surface area contributed by atoms with E-state index in [9.17, 15) is 9.90 Å². The van der Waals surface area contributed by atoms with Crippen molar-refractivity contribution >= 4 is 22.6 Å². The highest BCUT2D eigenvalue weighted by molar-refractivity contribution is 6.05. The predicted molar refractivity (Wildman–Crippen MR) is 116 cm³/mol. The second-order valence-electron chi connectivity index (χ2n) is 7.95. The number of carbonyl (C=O) groups is 1. The second kappa shape index (κ2) is 8.44. The number of carbonyl (C=O) groups excluding carboxylic acids is 1. The summed E-state index contributed by atoms with van der Waals surface area (Å²) < 4.78 is 7.18. The molecule has 30 heavy (non-hydrogen) atoms. The highest BCUT2D eigenvalue weighted by Crippen LogP contribution is 2.36. The molecule has 7 heteroatoms. The van der Waals surface area contributed by atoms with Crippen molar-refractivity contribution in [2.45, 2.75) is 32.8 Å². The number of rotatable bonds is 5. The smallest absolute Gasteiger partial charge is 0.341 e. The molecule has 2 atom stereocenters. The quantitative estimate of drug-likeness (QED) is 0.652. The molecule has 2 unspecified atom stereocenters. The first-order valence-corrected chi connectivity index (χ1v) is 10.5. The largest absolute Gasteiger partial charge is 0.462 e. The number of hydrogen-bond donors (Lipinski definition) is 1. The number of aromatic nitrogens is 3. The molecule has 1 N–H and O–H groups in total. The Morgan fingerprint density at radius 2 is 2.20 bits per heavy atom. The average Bonchev–Trinajstić information content (AvgIpc) is 3.18. The second-order valence-corrected chi connectivity index (χ2v) is 7.95. The van der Waals surface area contributed by atoms with Gasteiger partial charge in [-0.1, -0.05) is 11.6 Å². The van der Waals surface area contributed by atoms with Crippen LogP contribution in [0.2, 0.25) is 0 Å². The maximum absolute atomic E-state index is 12.7. The highest BCUT2D eigenvalue weighted by atomic mass is 16.5. The van der Waals surface area contributed by atoms with Gasteiger partial charge in [-0.25, -0.2) is 9.78 Å². The normalized spacial score (nSPS) is 17.9. The Labute approximate surface area is 176 Å². The van der Waals surface area contributed by atoms with E-state index >= 15 is 0 Å². The van der Waals surface area contributed by atoms with Crippen molar-refractivity contribution in [3.8, 4) is 0 Å². The number of benzene rings is 1. The number of ether oxygens (including phenoxy) is 1. The maximum Gasteiger partial charge on any atom is 0.341 e. The van der Waals surface area contributed by atoms with Crippen LogP contribution in [0.25, 0.3) is 10.9 Å². The lowest BCUT2D eigenvalue weighted by atomic mass is 9.91. The molecule has 0 bridgehead atoms. The number of esters is 1. The molecule has 1 aliphatic heterocycles. The molecule has 3 heterocycles. The summed E-state index contributed by atoms with van der Waals surface area (Å²) in [4.78, 5) is 23.8. The van der Waals surface area contributed by atoms with E-state index in [1.54, 1.807) is 19.3 Å². The van der Waals surface area contributed by atoms with Crippen LogP contribution in [-0.4, -0.2) is 45.3 Å². The molecule has 0 spiro atoms. The van der Waals surface area contributed by atoms with Gasteiger partial charge in [0.05, 0.1) is 17.8 Å². The van der Waals surface area contributed by atoms with Crippen molar-refractivity contribution in [3.05, 3.63) is 53.7 Å². The first kappa shape index (κ1) is 20.3. The molecule has 1 saturated heterocycles. The van der Waals surface area contributed by atoms with Gasteiger partial charge in [0.15, 0.2) is 0 Å². The Balaban J connectivity index is 1.75. The van der Waals surface area contributed by atoms with Gasteiger partial charge in [0.2, 0.25) is 0 Å². The molecule has 1 aromatic carbocycles. The summed E-state index contributed by atoms with van der Waals surface area (Å²) in [7, 11) is 1.89. The average molecular weight is 409 g/mol. The summed E-state index contributed by atoms with van der Waals surface area (Å²) in [5.74, 6) is 0.320. The lowest BCUT2D eigenvalue weighted by Gasteiger charge is -2.37. The van der Waals surface area contributed by atoms with E-state index in [0.29, 0.717) is 24.5 Å². The number of fused-ring (bicyclic) bond motifs is 1. The topological polar surface area (TPSA) is 80.5 Å². The van der Waals surface area contributed by atoms with Crippen molar-refractivity contribution in [1.82, 2.24) is 14.5 Å². The molecule has 1 fully saturated rings. The van der Waals surface area contributed by atoms with E-state index in [2.05, 4.69) is 20.9 Å². The molecule has 3 aromatic rings. The van der Waals surface area contributed by atoms with Crippen LogP contribution in [0.3, 0.4) is 0 Å². The van der Waals surface area contributed by atoms with Crippen LogP contribution in [0.4, 0.5) is 5.69 Å². The number of pyridine rings is 1. The zero-order valence-corrected chi connectivity index (χ0v) is 17.7. The summed E-state index contributed by atoms with van der Waals surface area (Å²) in [6.45, 7) is 5.59. The van der Waals surface area contributed by atoms with Crippen LogP contribution in [0.5, 0.6) is 0 Å². The number of imidazole rings is 1. The first-order valence-electron chi connectivity index (χ1n) is 10.5. The molecule has 7 nitrogen and oxygen atoms in total. The fourth-order valence-corrected chi connectivity index (χ4v) is 4.34. The summed E-state index contributed by atoms with van der Waals surface area (Å²) >= 11 is 0. The fourth-order valence-electron chi connectivity index (χ4n) is 4.34. The van der Waals surface area contributed by atoms with Crippen molar-refractivity contribution in [2.24, 2.45) is 13.0 Å². The number of aliphatic hydroxyl groups is 1. The summed E-state index contributed by atoms with van der Waals surface area (Å²) in [5, 5.41) is 11.9. The van der Waals surface area contributed by atoms with Crippen LogP contribution in [-0.2, 0) is 11.8 Å². The Bertz CT molecular complexity index is 1060. The van der Waals surface area contributed by atoms with Crippen LogP contribution in [0.1, 0.15) is 47.6 Å². The van der Waals surface area contributed by atoms with Crippen LogP contribution < -0.4 is 4.90 Å². The Kier molecular flexibility index (Phi) is 5.72. The summed E-state index contributed by atoms with van der Waals surface area (Å²) in [6.07, 6.45) is 6.33. The van der Waals surface area contributed by atoms with Crippen molar-refractivity contribution in [3.63, 3.8) is 0 Å². The molecular weight excluding hydrogens is 380 g/mol. The maximum atomic E-state index is 12.7. The molecule has 1 aliphatic rings. The monoisotopic (exact) mass is 408 g/mol. The van der Waals surface area contributed by atoms with E-state index in [0.717, 1.165) is 41.5 Å².